The first-order chi connectivity index (χ1) is 11.4. The molecule has 24 heavy (non-hydrogen) atoms. The quantitative estimate of drug-likeness (QED) is 0.387. The van der Waals surface area contributed by atoms with Crippen LogP contribution in [0.2, 0.25) is 0 Å². The van der Waals surface area contributed by atoms with Gasteiger partial charge in [0.25, 0.3) is 0 Å². The molecule has 0 spiro atoms. The van der Waals surface area contributed by atoms with E-state index >= 15 is 0 Å². The van der Waals surface area contributed by atoms with Gasteiger partial charge in [-0.05, 0) is 31.2 Å². The summed E-state index contributed by atoms with van der Waals surface area (Å²) in [5, 5.41) is 6.25. The molecule has 6 heteroatoms. The second-order valence-electron chi connectivity index (χ2n) is 7.58. The molecule has 4 N–H and O–H groups in total. The van der Waals surface area contributed by atoms with Gasteiger partial charge in [0.1, 0.15) is 0 Å². The maximum atomic E-state index is 12.3. The van der Waals surface area contributed by atoms with Crippen LogP contribution in [-0.4, -0.2) is 62.4 Å². The van der Waals surface area contributed by atoms with E-state index in [0.717, 1.165) is 38.9 Å². The number of nitrogens with zero attached hydrogens (tertiary/aromatic N) is 1. The maximum Gasteiger partial charge on any atom is 0.237 e. The highest BCUT2D eigenvalue weighted by atomic mass is 16.5. The molecule has 0 saturated carbocycles. The Kier molecular flexibility index (Phi) is 9.51. The van der Waals surface area contributed by atoms with Crippen molar-refractivity contribution in [3.8, 4) is 0 Å². The molecular formula is C18H36N4O2. The Hall–Kier alpha value is -0.950. The first-order valence-corrected chi connectivity index (χ1v) is 9.03. The van der Waals surface area contributed by atoms with Crippen LogP contribution < -0.4 is 16.4 Å². The highest BCUT2D eigenvalue weighted by Crippen LogP contribution is 2.19. The van der Waals surface area contributed by atoms with Crippen molar-refractivity contribution in [3.63, 3.8) is 0 Å². The van der Waals surface area contributed by atoms with Crippen LogP contribution in [0.1, 0.15) is 40.0 Å². The number of rotatable bonds is 11. The number of nitrogens with one attached hydrogen (secondary N) is 2. The van der Waals surface area contributed by atoms with Crippen LogP contribution in [0.3, 0.4) is 0 Å². The lowest BCUT2D eigenvalue weighted by Gasteiger charge is -2.29. The smallest absolute Gasteiger partial charge is 0.237 e. The summed E-state index contributed by atoms with van der Waals surface area (Å²) < 4.78 is 5.76. The lowest BCUT2D eigenvalue weighted by Crippen LogP contribution is -2.46. The fourth-order valence-electron chi connectivity index (χ4n) is 2.57. The molecule has 0 aliphatic carbocycles. The van der Waals surface area contributed by atoms with Crippen LogP contribution in [0.15, 0.2) is 12.7 Å². The Labute approximate surface area is 147 Å². The number of hydrogen-bond donors (Lipinski definition) is 3. The summed E-state index contributed by atoms with van der Waals surface area (Å²) in [7, 11) is 0. The highest BCUT2D eigenvalue weighted by molar-refractivity contribution is 5.81. The van der Waals surface area contributed by atoms with Gasteiger partial charge in [-0.15, -0.1) is 6.58 Å². The van der Waals surface area contributed by atoms with Crippen molar-refractivity contribution < 1.29 is 9.53 Å². The third-order valence-corrected chi connectivity index (χ3v) is 4.45. The summed E-state index contributed by atoms with van der Waals surface area (Å²) in [5.74, 6) is 0.111. The van der Waals surface area contributed by atoms with Crippen LogP contribution in [0.4, 0.5) is 0 Å². The summed E-state index contributed by atoms with van der Waals surface area (Å²) >= 11 is 0. The molecule has 1 fully saturated rings. The number of ether oxygens (including phenoxy) is 1. The molecule has 1 saturated heterocycles. The fraction of sp³-hybridized carbons (Fsp3) is 0.833. The Bertz CT molecular complexity index is 382. The van der Waals surface area contributed by atoms with E-state index in [4.69, 9.17) is 10.5 Å². The number of nitrogens with two attached hydrogens (primary N) is 1. The number of carbonyl (C=O) groups is 1. The van der Waals surface area contributed by atoms with E-state index < -0.39 is 0 Å². The van der Waals surface area contributed by atoms with Gasteiger partial charge in [-0.3, -0.25) is 9.69 Å². The lowest BCUT2D eigenvalue weighted by atomic mass is 9.88. The molecule has 1 aliphatic heterocycles. The lowest BCUT2D eigenvalue weighted by molar-refractivity contribution is -0.127. The molecule has 6 nitrogen and oxygen atoms in total. The zero-order valence-electron chi connectivity index (χ0n) is 15.6. The number of carbonyl (C=O) groups excluding carboxylic acids is 1. The minimum absolute atomic E-state index is 0.00422. The van der Waals surface area contributed by atoms with E-state index in [1.165, 1.54) is 0 Å². The van der Waals surface area contributed by atoms with Crippen LogP contribution >= 0.6 is 0 Å². The van der Waals surface area contributed by atoms with Gasteiger partial charge in [0.05, 0.1) is 19.4 Å². The van der Waals surface area contributed by atoms with Crippen molar-refractivity contribution in [2.75, 3.05) is 39.5 Å². The van der Waals surface area contributed by atoms with Gasteiger partial charge in [-0.1, -0.05) is 26.8 Å². The van der Waals surface area contributed by atoms with Crippen molar-refractivity contribution in [3.05, 3.63) is 12.7 Å². The first-order valence-electron chi connectivity index (χ1n) is 9.03. The zero-order chi connectivity index (χ0) is 18.0. The third-order valence-electron chi connectivity index (χ3n) is 4.45. The Morgan fingerprint density at radius 3 is 2.88 bits per heavy atom. The van der Waals surface area contributed by atoms with Gasteiger partial charge >= 0.3 is 0 Å². The standard InChI is InChI=1S/C18H36N4O2/c1-5-9-20-10-7-11-21-17(23)15-8-6-12-22(15)14-24-13-16(19)18(2,3)4/h5,15-16,20H,1,6-14,19H2,2-4H3,(H,21,23)/t15-,16?/m0/s1. The first kappa shape index (κ1) is 21.1. The molecule has 1 rings (SSSR count). The van der Waals surface area contributed by atoms with Gasteiger partial charge < -0.3 is 21.1 Å². The van der Waals surface area contributed by atoms with Gasteiger partial charge in [0, 0.05) is 25.7 Å². The topological polar surface area (TPSA) is 79.6 Å². The highest BCUT2D eigenvalue weighted by Gasteiger charge is 2.30. The fourth-order valence-corrected chi connectivity index (χ4v) is 2.57. The predicted octanol–water partition coefficient (Wildman–Crippen LogP) is 1.08. The number of likely N-dealkylation sites (tertiary alicyclic amines) is 1. The monoisotopic (exact) mass is 340 g/mol. The van der Waals surface area contributed by atoms with E-state index in [-0.39, 0.29) is 23.4 Å². The minimum atomic E-state index is -0.0722. The van der Waals surface area contributed by atoms with Crippen molar-refractivity contribution in [2.24, 2.45) is 11.1 Å². The van der Waals surface area contributed by atoms with Crippen LogP contribution in [0.25, 0.3) is 0 Å². The molecule has 140 valence electrons. The molecule has 1 amide bonds. The van der Waals surface area contributed by atoms with Crippen molar-refractivity contribution >= 4 is 5.91 Å². The van der Waals surface area contributed by atoms with E-state index in [9.17, 15) is 4.79 Å². The van der Waals surface area contributed by atoms with Gasteiger partial charge in [0.2, 0.25) is 5.91 Å². The summed E-state index contributed by atoms with van der Waals surface area (Å²) in [6.45, 7) is 14.3. The summed E-state index contributed by atoms with van der Waals surface area (Å²) in [6, 6.07) is -0.0764. The second kappa shape index (κ2) is 10.8. The average Bonchev–Trinajstić information content (AvgIpc) is 2.98. The molecule has 2 atom stereocenters. The molecular weight excluding hydrogens is 304 g/mol. The second-order valence-corrected chi connectivity index (χ2v) is 7.58. The van der Waals surface area contributed by atoms with Crippen LogP contribution in [0, 0.1) is 5.41 Å². The van der Waals surface area contributed by atoms with E-state index in [0.29, 0.717) is 19.9 Å². The molecule has 1 heterocycles. The summed E-state index contributed by atoms with van der Waals surface area (Å²) in [4.78, 5) is 14.4. The molecule has 0 radical (unpaired) electrons. The maximum absolute atomic E-state index is 12.3. The zero-order valence-corrected chi connectivity index (χ0v) is 15.6. The SMILES string of the molecule is C=CCNCCCNC(=O)[C@@H]1CCCN1COCC(N)C(C)(C)C. The molecule has 0 aromatic heterocycles. The molecule has 0 aromatic carbocycles. The third kappa shape index (κ3) is 7.75. The molecule has 1 aliphatic rings. The Morgan fingerprint density at radius 2 is 2.21 bits per heavy atom. The molecule has 0 bridgehead atoms. The van der Waals surface area contributed by atoms with Gasteiger partial charge in [-0.25, -0.2) is 0 Å². The summed E-state index contributed by atoms with van der Waals surface area (Å²) in [6.07, 6.45) is 4.69. The van der Waals surface area contributed by atoms with Crippen LogP contribution in [-0.2, 0) is 9.53 Å². The normalized spacial score (nSPS) is 20.1. The van der Waals surface area contributed by atoms with Crippen molar-refractivity contribution in [2.45, 2.75) is 52.1 Å². The van der Waals surface area contributed by atoms with E-state index in [2.05, 4.69) is 42.9 Å². The molecule has 0 aromatic rings. The largest absolute Gasteiger partial charge is 0.364 e. The van der Waals surface area contributed by atoms with Crippen molar-refractivity contribution in [1.29, 1.82) is 0 Å². The predicted molar refractivity (Wildman–Crippen MR) is 98.7 cm³/mol. The number of hydrogen-bond acceptors (Lipinski definition) is 5. The van der Waals surface area contributed by atoms with Crippen LogP contribution in [0.5, 0.6) is 0 Å². The summed E-state index contributed by atoms with van der Waals surface area (Å²) in [5.41, 5.74) is 6.14. The Balaban J connectivity index is 2.24. The van der Waals surface area contributed by atoms with Gasteiger partial charge in [-0.2, -0.15) is 0 Å². The van der Waals surface area contributed by atoms with E-state index in [1.807, 2.05) is 6.08 Å². The van der Waals surface area contributed by atoms with Gasteiger partial charge in [0.15, 0.2) is 0 Å². The number of amides is 1. The molecule has 1 unspecified atom stereocenters. The van der Waals surface area contributed by atoms with E-state index in [1.54, 1.807) is 0 Å². The Morgan fingerprint density at radius 1 is 1.46 bits per heavy atom. The minimum Gasteiger partial charge on any atom is -0.364 e. The average molecular weight is 341 g/mol. The van der Waals surface area contributed by atoms with Crippen molar-refractivity contribution in [1.82, 2.24) is 15.5 Å².